The number of aldehydes is 1. The molecule has 1 aromatic carbocycles. The van der Waals surface area contributed by atoms with Crippen LogP contribution in [0.4, 0.5) is 0 Å². The van der Waals surface area contributed by atoms with Gasteiger partial charge in [0.25, 0.3) is 0 Å². The number of unbranched alkanes of at least 4 members (excludes halogenated alkanes) is 1. The second kappa shape index (κ2) is 5.25. The van der Waals surface area contributed by atoms with E-state index >= 15 is 0 Å². The smallest absolute Gasteiger partial charge is 0.233 e. The number of hydrogen-bond donors (Lipinski definition) is 0. The predicted octanol–water partition coefficient (Wildman–Crippen LogP) is 1.67. The first-order valence-electron chi connectivity index (χ1n) is 4.27. The summed E-state index contributed by atoms with van der Waals surface area (Å²) in [6, 6.07) is 7.27. The highest BCUT2D eigenvalue weighted by atomic mass is 16.1. The second-order valence-corrected chi connectivity index (χ2v) is 2.86. The van der Waals surface area contributed by atoms with Crippen LogP contribution in [-0.4, -0.2) is 12.6 Å². The molecule has 67 valence electrons. The highest BCUT2D eigenvalue weighted by molar-refractivity contribution is 5.75. The van der Waals surface area contributed by atoms with Gasteiger partial charge in [0.15, 0.2) is 0 Å². The molecule has 2 heteroatoms. The number of carbonyl (C=O) groups is 1. The molecule has 1 aromatic rings. The Morgan fingerprint density at radius 3 is 2.46 bits per heavy atom. The van der Waals surface area contributed by atoms with Crippen LogP contribution >= 0.6 is 0 Å². The van der Waals surface area contributed by atoms with E-state index in [1.807, 2.05) is 18.4 Å². The molecule has 0 aliphatic heterocycles. The van der Waals surface area contributed by atoms with Gasteiger partial charge in [-0.2, -0.15) is 0 Å². The van der Waals surface area contributed by atoms with Crippen LogP contribution in [0.1, 0.15) is 24.0 Å². The van der Waals surface area contributed by atoms with Crippen LogP contribution in [0.2, 0.25) is 0 Å². The van der Waals surface area contributed by atoms with Gasteiger partial charge in [-0.25, -0.2) is 0 Å². The van der Waals surface area contributed by atoms with Crippen molar-refractivity contribution >= 4 is 12.6 Å². The third-order valence-electron chi connectivity index (χ3n) is 1.86. The summed E-state index contributed by atoms with van der Waals surface area (Å²) in [5.74, 6) is 0. The Morgan fingerprint density at radius 2 is 1.92 bits per heavy atom. The summed E-state index contributed by atoms with van der Waals surface area (Å²) >= 11 is 0. The highest BCUT2D eigenvalue weighted by Crippen LogP contribution is 2.05. The van der Waals surface area contributed by atoms with E-state index in [0.29, 0.717) is 12.0 Å². The van der Waals surface area contributed by atoms with Crippen LogP contribution in [0.15, 0.2) is 24.3 Å². The fourth-order valence-electron chi connectivity index (χ4n) is 1.13. The van der Waals surface area contributed by atoms with Gasteiger partial charge in [0.1, 0.15) is 6.29 Å². The predicted molar refractivity (Wildman–Crippen MR) is 50.2 cm³/mol. The van der Waals surface area contributed by atoms with Crippen LogP contribution in [0.3, 0.4) is 0 Å². The zero-order valence-corrected chi connectivity index (χ0v) is 7.32. The number of hydrogen-bond acceptors (Lipinski definition) is 2. The van der Waals surface area contributed by atoms with E-state index in [1.165, 1.54) is 0 Å². The zero-order valence-electron chi connectivity index (χ0n) is 7.32. The number of carbonyl (C=O) groups excluding carboxylic acids is 2. The third kappa shape index (κ3) is 3.20. The molecular weight excluding hydrogens is 164 g/mol. The first-order valence-corrected chi connectivity index (χ1v) is 4.27. The Bertz CT molecular complexity index is 275. The lowest BCUT2D eigenvalue weighted by Crippen LogP contribution is -1.87. The molecule has 2 nitrogen and oxygen atoms in total. The molecule has 0 aromatic heterocycles. The van der Waals surface area contributed by atoms with Crippen LogP contribution in [0.25, 0.3) is 0 Å². The monoisotopic (exact) mass is 175 g/mol. The molecule has 0 amide bonds. The second-order valence-electron chi connectivity index (χ2n) is 2.86. The minimum atomic E-state index is 0.569. The molecule has 0 aliphatic rings. The maximum atomic E-state index is 10.2. The molecule has 0 heterocycles. The molecule has 0 atom stereocenters. The maximum absolute atomic E-state index is 10.2. The van der Waals surface area contributed by atoms with E-state index in [9.17, 15) is 9.59 Å². The number of benzene rings is 1. The van der Waals surface area contributed by atoms with Crippen molar-refractivity contribution in [1.29, 1.82) is 0 Å². The van der Waals surface area contributed by atoms with Crippen molar-refractivity contribution in [2.24, 2.45) is 0 Å². The fraction of sp³-hybridized carbons (Fsp3) is 0.273. The van der Waals surface area contributed by atoms with Gasteiger partial charge in [-0.3, -0.25) is 4.79 Å². The maximum Gasteiger partial charge on any atom is 0.233 e. The summed E-state index contributed by atoms with van der Waals surface area (Å²) in [5, 5.41) is 0. The first-order chi connectivity index (χ1) is 6.36. The third-order valence-corrected chi connectivity index (χ3v) is 1.86. The van der Waals surface area contributed by atoms with Gasteiger partial charge in [-0.05, 0) is 18.4 Å². The molecule has 0 spiro atoms. The van der Waals surface area contributed by atoms with Crippen molar-refractivity contribution < 1.29 is 9.59 Å². The van der Waals surface area contributed by atoms with Crippen LogP contribution in [0.5, 0.6) is 0 Å². The Morgan fingerprint density at radius 1 is 1.23 bits per heavy atom. The minimum absolute atomic E-state index is 0.569. The van der Waals surface area contributed by atoms with Crippen LogP contribution < -0.4 is 0 Å². The molecule has 1 radical (unpaired) electrons. The van der Waals surface area contributed by atoms with Gasteiger partial charge in [-0.1, -0.05) is 24.3 Å². The molecule has 0 aliphatic carbocycles. The Kier molecular flexibility index (Phi) is 3.89. The molecule has 0 saturated heterocycles. The average Bonchev–Trinajstić information content (AvgIpc) is 2.19. The highest BCUT2D eigenvalue weighted by Gasteiger charge is 1.94. The van der Waals surface area contributed by atoms with Crippen LogP contribution in [0, 0.1) is 0 Å². The first kappa shape index (κ1) is 9.65. The van der Waals surface area contributed by atoms with Gasteiger partial charge in [0, 0.05) is 12.0 Å². The number of rotatable bonds is 5. The molecule has 0 saturated carbocycles. The van der Waals surface area contributed by atoms with E-state index < -0.39 is 0 Å². The fourth-order valence-corrected chi connectivity index (χ4v) is 1.13. The standard InChI is InChI=1S/C11H11O2/c12-8-2-1-3-10-4-6-11(9-13)7-5-10/h4-8H,1-3H2. The summed E-state index contributed by atoms with van der Waals surface area (Å²) in [6.07, 6.45) is 5.09. The summed E-state index contributed by atoms with van der Waals surface area (Å²) < 4.78 is 0. The van der Waals surface area contributed by atoms with Crippen molar-refractivity contribution in [2.45, 2.75) is 19.3 Å². The van der Waals surface area contributed by atoms with Crippen molar-refractivity contribution in [3.8, 4) is 0 Å². The number of aryl methyl sites for hydroxylation is 1. The van der Waals surface area contributed by atoms with Crippen molar-refractivity contribution in [3.63, 3.8) is 0 Å². The normalized spacial score (nSPS) is 9.54. The molecule has 13 heavy (non-hydrogen) atoms. The van der Waals surface area contributed by atoms with Crippen molar-refractivity contribution in [1.82, 2.24) is 0 Å². The molecule has 1 rings (SSSR count). The van der Waals surface area contributed by atoms with Gasteiger partial charge in [0.2, 0.25) is 6.29 Å². The molecule has 0 fully saturated rings. The summed E-state index contributed by atoms with van der Waals surface area (Å²) in [7, 11) is 0. The average molecular weight is 175 g/mol. The van der Waals surface area contributed by atoms with E-state index in [1.54, 1.807) is 12.1 Å². The van der Waals surface area contributed by atoms with Gasteiger partial charge >= 0.3 is 0 Å². The van der Waals surface area contributed by atoms with Gasteiger partial charge in [0.05, 0.1) is 0 Å². The minimum Gasteiger partial charge on any atom is -0.303 e. The summed E-state index contributed by atoms with van der Waals surface area (Å²) in [6.45, 7) is 0. The molecule has 0 unspecified atom stereocenters. The van der Waals surface area contributed by atoms with E-state index in [0.717, 1.165) is 24.7 Å². The largest absolute Gasteiger partial charge is 0.303 e. The quantitative estimate of drug-likeness (QED) is 0.504. The lowest BCUT2D eigenvalue weighted by molar-refractivity contribution is -0.107. The van der Waals surface area contributed by atoms with E-state index in [2.05, 4.69) is 0 Å². The topological polar surface area (TPSA) is 34.1 Å². The zero-order chi connectivity index (χ0) is 9.52. The SMILES string of the molecule is O=[C]c1ccc(CCCC=O)cc1. The molecular formula is C11H11O2. The van der Waals surface area contributed by atoms with Crippen molar-refractivity contribution in [2.75, 3.05) is 0 Å². The Hall–Kier alpha value is -1.44. The lowest BCUT2D eigenvalue weighted by Gasteiger charge is -1.98. The molecule has 0 bridgehead atoms. The Balaban J connectivity index is 2.48. The summed E-state index contributed by atoms with van der Waals surface area (Å²) in [5.41, 5.74) is 1.72. The van der Waals surface area contributed by atoms with Crippen molar-refractivity contribution in [3.05, 3.63) is 35.4 Å². The summed E-state index contributed by atoms with van der Waals surface area (Å²) in [4.78, 5) is 20.3. The molecule has 0 N–H and O–H groups in total. The van der Waals surface area contributed by atoms with E-state index in [4.69, 9.17) is 0 Å². The van der Waals surface area contributed by atoms with Gasteiger partial charge < -0.3 is 4.79 Å². The lowest BCUT2D eigenvalue weighted by atomic mass is 10.1. The Labute approximate surface area is 77.6 Å². The van der Waals surface area contributed by atoms with Gasteiger partial charge in [-0.15, -0.1) is 0 Å². The van der Waals surface area contributed by atoms with Crippen LogP contribution in [-0.2, 0) is 16.0 Å². The van der Waals surface area contributed by atoms with E-state index in [-0.39, 0.29) is 0 Å².